The van der Waals surface area contributed by atoms with Crippen molar-refractivity contribution in [2.24, 2.45) is 11.8 Å². The third-order valence-corrected chi connectivity index (χ3v) is 19.1. The van der Waals surface area contributed by atoms with E-state index in [1.807, 2.05) is 4.90 Å². The lowest BCUT2D eigenvalue weighted by atomic mass is 9.90. The third-order valence-electron chi connectivity index (χ3n) is 13.3. The molecule has 0 N–H and O–H groups in total. The van der Waals surface area contributed by atoms with Crippen LogP contribution in [-0.2, 0) is 9.59 Å². The van der Waals surface area contributed by atoms with Gasteiger partial charge in [0, 0.05) is 53.8 Å². The molecule has 0 saturated heterocycles. The van der Waals surface area contributed by atoms with Crippen LogP contribution in [0.2, 0.25) is 0 Å². The number of amides is 2. The van der Waals surface area contributed by atoms with Crippen LogP contribution < -0.4 is 9.80 Å². The van der Waals surface area contributed by atoms with E-state index in [1.54, 1.807) is 45.3 Å². The van der Waals surface area contributed by atoms with E-state index in [4.69, 9.17) is 0 Å². The standard InChI is InChI=1S/C52H64Br2N2O2S4/c1-5-7-9-11-13-14-16-18-23-34(22-17-15-12-10-8-6-2)24-20-26-56-40-28-38-42(60-44-32-46(54)62-50(38)44)30-36(40)48(52(56)58)47-35-29-41-37(49-43(59-41)31-45(53)61-49)27-39(35)55(51(47)57)25-19-21-33(3)4/h27-34H,5-26H2,1-4H3/b48-47+. The van der Waals surface area contributed by atoms with Crippen LogP contribution in [0.3, 0.4) is 0 Å². The van der Waals surface area contributed by atoms with E-state index < -0.39 is 0 Å². The summed E-state index contributed by atoms with van der Waals surface area (Å²) < 4.78 is 9.63. The molecule has 2 aliphatic rings. The lowest BCUT2D eigenvalue weighted by Gasteiger charge is -2.21. The van der Waals surface area contributed by atoms with Gasteiger partial charge in [-0.25, -0.2) is 0 Å². The van der Waals surface area contributed by atoms with Gasteiger partial charge >= 0.3 is 0 Å². The molecule has 0 radical (unpaired) electrons. The highest BCUT2D eigenvalue weighted by molar-refractivity contribution is 9.11. The number of nitrogens with zero attached hydrogens (tertiary/aromatic N) is 2. The molecule has 0 saturated carbocycles. The number of halogens is 2. The summed E-state index contributed by atoms with van der Waals surface area (Å²) >= 11 is 14.5. The number of unbranched alkanes of at least 4 members (excludes halogenated alkanes) is 12. The summed E-state index contributed by atoms with van der Waals surface area (Å²) in [5.74, 6) is 1.22. The smallest absolute Gasteiger partial charge is 0.259 e. The average molecular weight is 1040 g/mol. The number of hydrogen-bond acceptors (Lipinski definition) is 6. The molecule has 4 aromatic heterocycles. The monoisotopic (exact) mass is 1030 g/mol. The molecule has 0 fully saturated rings. The summed E-state index contributed by atoms with van der Waals surface area (Å²) in [6, 6.07) is 13.4. The zero-order chi connectivity index (χ0) is 43.3. The number of carbonyl (C=O) groups is 2. The van der Waals surface area contributed by atoms with Crippen molar-refractivity contribution in [3.05, 3.63) is 55.1 Å². The Balaban J connectivity index is 1.11. The second-order valence-electron chi connectivity index (χ2n) is 18.5. The van der Waals surface area contributed by atoms with Gasteiger partial charge in [-0.15, -0.1) is 45.3 Å². The number of fused-ring (bicyclic) bond motifs is 8. The maximum Gasteiger partial charge on any atom is 0.259 e. The lowest BCUT2D eigenvalue weighted by molar-refractivity contribution is -0.114. The lowest BCUT2D eigenvalue weighted by Crippen LogP contribution is -2.30. The molecule has 2 aliphatic heterocycles. The van der Waals surface area contributed by atoms with Crippen molar-refractivity contribution in [2.75, 3.05) is 22.9 Å². The minimum atomic E-state index is -0.0262. The maximum absolute atomic E-state index is 15.3. The highest BCUT2D eigenvalue weighted by Crippen LogP contribution is 2.53. The van der Waals surface area contributed by atoms with Crippen LogP contribution in [0.5, 0.6) is 0 Å². The third kappa shape index (κ3) is 10.2. The summed E-state index contributed by atoms with van der Waals surface area (Å²) in [5, 5.41) is 2.40. The van der Waals surface area contributed by atoms with Gasteiger partial charge in [0.1, 0.15) is 0 Å². The van der Waals surface area contributed by atoms with Gasteiger partial charge in [0.05, 0.1) is 39.5 Å². The summed E-state index contributed by atoms with van der Waals surface area (Å²) in [5.41, 5.74) is 4.95. The number of thiophene rings is 4. The maximum atomic E-state index is 15.3. The molecule has 1 atom stereocenters. The Bertz CT molecular complexity index is 2560. The zero-order valence-corrected chi connectivity index (χ0v) is 43.7. The predicted octanol–water partition coefficient (Wildman–Crippen LogP) is 18.8. The normalized spacial score (nSPS) is 15.9. The quantitative estimate of drug-likeness (QED) is 0.0448. The van der Waals surface area contributed by atoms with Crippen LogP contribution in [0.1, 0.15) is 167 Å². The fraction of sp³-hybridized carbons (Fsp3) is 0.538. The van der Waals surface area contributed by atoms with Crippen molar-refractivity contribution in [1.82, 2.24) is 0 Å². The molecule has 2 amide bonds. The molecule has 1 unspecified atom stereocenters. The SMILES string of the molecule is CCCCCCCCCCC(CCCCCCCC)CCCN1C(=O)/C(=C2/C(=O)N(CCCC(C)C)c3cc4c(cc32)sc2cc(Br)sc24)c2cc3sc4cc(Br)sc4c3cc21. The van der Waals surface area contributed by atoms with Gasteiger partial charge < -0.3 is 9.80 Å². The molecule has 6 heterocycles. The van der Waals surface area contributed by atoms with Crippen molar-refractivity contribution in [3.8, 4) is 0 Å². The number of benzene rings is 2. The van der Waals surface area contributed by atoms with Crippen LogP contribution in [0.4, 0.5) is 11.4 Å². The Kier molecular flexibility index (Phi) is 16.1. The summed E-state index contributed by atoms with van der Waals surface area (Å²) in [6.07, 6.45) is 25.5. The van der Waals surface area contributed by atoms with E-state index in [-0.39, 0.29) is 11.8 Å². The summed E-state index contributed by atoms with van der Waals surface area (Å²) in [4.78, 5) is 34.4. The zero-order valence-electron chi connectivity index (χ0n) is 37.3. The van der Waals surface area contributed by atoms with E-state index in [2.05, 4.69) is 101 Å². The van der Waals surface area contributed by atoms with Crippen LogP contribution in [-0.4, -0.2) is 24.9 Å². The topological polar surface area (TPSA) is 40.6 Å². The van der Waals surface area contributed by atoms with Crippen LogP contribution in [0, 0.1) is 11.8 Å². The Labute approximate surface area is 402 Å². The van der Waals surface area contributed by atoms with E-state index in [0.29, 0.717) is 36.1 Å². The van der Waals surface area contributed by atoms with Crippen molar-refractivity contribution < 1.29 is 9.59 Å². The van der Waals surface area contributed by atoms with Gasteiger partial charge in [-0.3, -0.25) is 9.59 Å². The van der Waals surface area contributed by atoms with Gasteiger partial charge in [0.2, 0.25) is 0 Å². The van der Waals surface area contributed by atoms with Crippen LogP contribution >= 0.6 is 77.2 Å². The van der Waals surface area contributed by atoms with Gasteiger partial charge in [-0.05, 0) is 106 Å². The predicted molar refractivity (Wildman–Crippen MR) is 283 cm³/mol. The number of rotatable bonds is 24. The molecule has 2 aromatic carbocycles. The minimum Gasteiger partial charge on any atom is -0.308 e. The number of carbonyl (C=O) groups excluding carboxylic acids is 2. The summed E-state index contributed by atoms with van der Waals surface area (Å²) in [7, 11) is 0. The molecule has 0 aliphatic carbocycles. The fourth-order valence-corrected chi connectivity index (χ4v) is 16.3. The Hall–Kier alpha value is -2.08. The first-order chi connectivity index (χ1) is 30.2. The molecule has 0 bridgehead atoms. The van der Waals surface area contributed by atoms with Gasteiger partial charge in [-0.1, -0.05) is 130 Å². The van der Waals surface area contributed by atoms with Gasteiger partial charge in [0.15, 0.2) is 0 Å². The second kappa shape index (κ2) is 21.5. The highest BCUT2D eigenvalue weighted by atomic mass is 79.9. The van der Waals surface area contributed by atoms with Crippen molar-refractivity contribution in [3.63, 3.8) is 0 Å². The first kappa shape index (κ1) is 46.4. The van der Waals surface area contributed by atoms with Crippen molar-refractivity contribution in [2.45, 2.75) is 156 Å². The molecule has 10 heteroatoms. The Morgan fingerprint density at radius 2 is 0.887 bits per heavy atom. The molecule has 332 valence electrons. The number of hydrogen-bond donors (Lipinski definition) is 0. The van der Waals surface area contributed by atoms with E-state index >= 15 is 9.59 Å². The van der Waals surface area contributed by atoms with E-state index in [1.165, 1.54) is 142 Å². The highest BCUT2D eigenvalue weighted by Gasteiger charge is 2.43. The van der Waals surface area contributed by atoms with Crippen molar-refractivity contribution >= 4 is 151 Å². The molecular formula is C52H64Br2N2O2S4. The van der Waals surface area contributed by atoms with Crippen molar-refractivity contribution in [1.29, 1.82) is 0 Å². The van der Waals surface area contributed by atoms with Crippen LogP contribution in [0.15, 0.2) is 44.0 Å². The molecule has 4 nitrogen and oxygen atoms in total. The largest absolute Gasteiger partial charge is 0.308 e. The van der Waals surface area contributed by atoms with Crippen LogP contribution in [0.25, 0.3) is 50.1 Å². The minimum absolute atomic E-state index is 0.00803. The molecule has 6 aromatic rings. The van der Waals surface area contributed by atoms with Gasteiger partial charge in [0.25, 0.3) is 11.8 Å². The molecular weight excluding hydrogens is 973 g/mol. The number of anilines is 2. The summed E-state index contributed by atoms with van der Waals surface area (Å²) in [6.45, 7) is 10.4. The van der Waals surface area contributed by atoms with E-state index in [9.17, 15) is 0 Å². The Morgan fingerprint density at radius 1 is 0.484 bits per heavy atom. The average Bonchev–Trinajstić information content (AvgIpc) is 4.06. The van der Waals surface area contributed by atoms with Gasteiger partial charge in [-0.2, -0.15) is 0 Å². The Morgan fingerprint density at radius 3 is 1.32 bits per heavy atom. The fourth-order valence-electron chi connectivity index (χ4n) is 10.0. The van der Waals surface area contributed by atoms with E-state index in [0.717, 1.165) is 55.8 Å². The first-order valence-corrected chi connectivity index (χ1v) is 28.7. The second-order valence-corrected chi connectivity index (χ2v) is 25.5. The molecule has 8 rings (SSSR count). The molecule has 62 heavy (non-hydrogen) atoms. The first-order valence-electron chi connectivity index (χ1n) is 23.9. The molecule has 0 spiro atoms.